The van der Waals surface area contributed by atoms with E-state index in [1.165, 1.54) is 17.0 Å². The van der Waals surface area contributed by atoms with Crippen molar-refractivity contribution in [3.63, 3.8) is 0 Å². The molecule has 0 bridgehead atoms. The van der Waals surface area contributed by atoms with Crippen LogP contribution in [0.5, 0.6) is 5.75 Å². The van der Waals surface area contributed by atoms with Crippen LogP contribution in [-0.2, 0) is 15.7 Å². The number of phenols is 1. The Hall–Kier alpha value is -3.40. The van der Waals surface area contributed by atoms with Crippen molar-refractivity contribution in [2.75, 3.05) is 26.0 Å². The zero-order valence-corrected chi connectivity index (χ0v) is 18.2. The summed E-state index contributed by atoms with van der Waals surface area (Å²) >= 11 is 0. The number of aromatic hydroxyl groups is 1. The summed E-state index contributed by atoms with van der Waals surface area (Å²) < 4.78 is 48.3. The number of carbonyl (C=O) groups excluding carboxylic acids is 1. The van der Waals surface area contributed by atoms with E-state index in [1.54, 1.807) is 19.2 Å². The number of rotatable bonds is 5. The van der Waals surface area contributed by atoms with E-state index in [4.69, 9.17) is 16.2 Å². The molecule has 0 spiro atoms. The van der Waals surface area contributed by atoms with E-state index in [-0.39, 0.29) is 59.6 Å². The summed E-state index contributed by atoms with van der Waals surface area (Å²) in [6.07, 6.45) is -1.89. The van der Waals surface area contributed by atoms with Crippen molar-refractivity contribution in [1.29, 1.82) is 0 Å². The fourth-order valence-corrected chi connectivity index (χ4v) is 4.08. The van der Waals surface area contributed by atoms with Gasteiger partial charge in [0.1, 0.15) is 11.6 Å². The number of halogens is 3. The minimum Gasteiger partial charge on any atom is -0.507 e. The number of aromatic nitrogens is 1. The van der Waals surface area contributed by atoms with Gasteiger partial charge in [0, 0.05) is 42.1 Å². The minimum absolute atomic E-state index is 0.0609. The molecule has 3 rings (SSSR count). The average molecular weight is 464 g/mol. The lowest BCUT2D eigenvalue weighted by Crippen LogP contribution is -2.39. The molecule has 1 aromatic heterocycles. The molecular weight excluding hydrogens is 437 g/mol. The zero-order valence-electron chi connectivity index (χ0n) is 18.2. The van der Waals surface area contributed by atoms with Crippen LogP contribution in [-0.4, -0.2) is 47.2 Å². The summed E-state index contributed by atoms with van der Waals surface area (Å²) in [4.78, 5) is 16.2. The quantitative estimate of drug-likeness (QED) is 0.504. The number of phenolic OH excluding ortho intramolecular Hbond substituents is 1. The molecule has 1 aromatic carbocycles. The fourth-order valence-electron chi connectivity index (χ4n) is 4.08. The highest BCUT2D eigenvalue weighted by atomic mass is 19.4. The van der Waals surface area contributed by atoms with Gasteiger partial charge < -0.3 is 31.2 Å². The largest absolute Gasteiger partial charge is 0.507 e. The molecule has 2 unspecified atom stereocenters. The van der Waals surface area contributed by atoms with Crippen LogP contribution in [0.25, 0.3) is 11.8 Å². The standard InChI is InChI=1S/C23H27F3N4O3/c1-3-19(32)30(2)14-10-13(8-9-33-12-14)21-20(23(24,25)26)16(22(28)29-21)11-17(27)15-6-4-5-7-18(15)31/h3-7,11,13-14,29,31H,1,8-10,12,27-28H2,2H3/b17-11-. The van der Waals surface area contributed by atoms with Crippen LogP contribution in [0.3, 0.4) is 0 Å². The summed E-state index contributed by atoms with van der Waals surface area (Å²) in [6.45, 7) is 3.90. The molecule has 1 aliphatic rings. The van der Waals surface area contributed by atoms with Crippen LogP contribution in [0, 0.1) is 0 Å². The van der Waals surface area contributed by atoms with Crippen LogP contribution < -0.4 is 11.5 Å². The van der Waals surface area contributed by atoms with Gasteiger partial charge in [-0.1, -0.05) is 18.7 Å². The molecule has 2 atom stereocenters. The number of alkyl halides is 3. The summed E-state index contributed by atoms with van der Waals surface area (Å²) in [5.74, 6) is -1.28. The summed E-state index contributed by atoms with van der Waals surface area (Å²) in [7, 11) is 1.56. The highest BCUT2D eigenvalue weighted by Gasteiger charge is 2.41. The monoisotopic (exact) mass is 464 g/mol. The van der Waals surface area contributed by atoms with Gasteiger partial charge in [-0.3, -0.25) is 4.79 Å². The van der Waals surface area contributed by atoms with Crippen molar-refractivity contribution >= 4 is 23.5 Å². The van der Waals surface area contributed by atoms with Gasteiger partial charge in [-0.15, -0.1) is 0 Å². The molecule has 178 valence electrons. The van der Waals surface area contributed by atoms with Gasteiger partial charge in [0.05, 0.1) is 18.2 Å². The van der Waals surface area contributed by atoms with Crippen molar-refractivity contribution in [2.24, 2.45) is 5.73 Å². The fraction of sp³-hybridized carbons (Fsp3) is 0.348. The average Bonchev–Trinajstić information content (AvgIpc) is 2.94. The number of H-pyrrole nitrogens is 1. The van der Waals surface area contributed by atoms with E-state index in [0.717, 1.165) is 12.2 Å². The van der Waals surface area contributed by atoms with Gasteiger partial charge in [0.15, 0.2) is 0 Å². The van der Waals surface area contributed by atoms with E-state index in [9.17, 15) is 23.1 Å². The number of para-hydroxylation sites is 1. The number of nitrogen functional groups attached to an aromatic ring is 1. The molecule has 2 aromatic rings. The first-order chi connectivity index (χ1) is 15.5. The topological polar surface area (TPSA) is 118 Å². The molecule has 33 heavy (non-hydrogen) atoms. The maximum Gasteiger partial charge on any atom is 0.418 e. The molecule has 1 amide bonds. The van der Waals surface area contributed by atoms with Gasteiger partial charge in [0.2, 0.25) is 5.91 Å². The number of hydrogen-bond donors (Lipinski definition) is 4. The van der Waals surface area contributed by atoms with Crippen LogP contribution in [0.4, 0.5) is 19.0 Å². The zero-order chi connectivity index (χ0) is 24.3. The number of nitrogens with two attached hydrogens (primary N) is 2. The smallest absolute Gasteiger partial charge is 0.418 e. The Kier molecular flexibility index (Phi) is 7.06. The second-order valence-electron chi connectivity index (χ2n) is 7.96. The van der Waals surface area contributed by atoms with Gasteiger partial charge in [-0.2, -0.15) is 13.2 Å². The highest BCUT2D eigenvalue weighted by Crippen LogP contribution is 2.44. The molecular formula is C23H27F3N4O3. The number of ether oxygens (including phenoxy) is 1. The predicted molar refractivity (Wildman–Crippen MR) is 120 cm³/mol. The van der Waals surface area contributed by atoms with Crippen molar-refractivity contribution < 1.29 is 27.8 Å². The van der Waals surface area contributed by atoms with Crippen LogP contribution in [0.2, 0.25) is 0 Å². The first-order valence-corrected chi connectivity index (χ1v) is 10.4. The Labute approximate surface area is 189 Å². The third kappa shape index (κ3) is 5.16. The first kappa shape index (κ1) is 24.2. The van der Waals surface area contributed by atoms with Gasteiger partial charge >= 0.3 is 6.18 Å². The van der Waals surface area contributed by atoms with E-state index in [1.807, 2.05) is 0 Å². The lowest BCUT2D eigenvalue weighted by Gasteiger charge is -2.28. The van der Waals surface area contributed by atoms with Crippen molar-refractivity contribution in [1.82, 2.24) is 9.88 Å². The maximum atomic E-state index is 14.2. The molecule has 10 heteroatoms. The van der Waals surface area contributed by atoms with E-state index >= 15 is 0 Å². The summed E-state index contributed by atoms with van der Waals surface area (Å²) in [5, 5.41) is 10.0. The lowest BCUT2D eigenvalue weighted by molar-refractivity contribution is -0.138. The Morgan fingerprint density at radius 2 is 2.06 bits per heavy atom. The Bertz CT molecular complexity index is 1060. The molecule has 0 aliphatic carbocycles. The Balaban J connectivity index is 2.06. The third-order valence-electron chi connectivity index (χ3n) is 5.85. The second-order valence-corrected chi connectivity index (χ2v) is 7.96. The lowest BCUT2D eigenvalue weighted by atomic mass is 9.90. The number of anilines is 1. The van der Waals surface area contributed by atoms with Crippen molar-refractivity contribution in [3.05, 3.63) is 59.3 Å². The number of carbonyl (C=O) groups is 1. The van der Waals surface area contributed by atoms with E-state index < -0.39 is 23.7 Å². The first-order valence-electron chi connectivity index (χ1n) is 10.4. The van der Waals surface area contributed by atoms with Crippen molar-refractivity contribution in [2.45, 2.75) is 31.0 Å². The number of benzene rings is 1. The highest BCUT2D eigenvalue weighted by molar-refractivity contribution is 5.87. The molecule has 0 saturated carbocycles. The molecule has 0 radical (unpaired) electrons. The molecule has 1 aliphatic heterocycles. The normalized spacial score (nSPS) is 19.7. The van der Waals surface area contributed by atoms with Crippen LogP contribution >= 0.6 is 0 Å². The molecule has 1 saturated heterocycles. The van der Waals surface area contributed by atoms with E-state index in [0.29, 0.717) is 6.42 Å². The predicted octanol–water partition coefficient (Wildman–Crippen LogP) is 3.69. The van der Waals surface area contributed by atoms with Crippen LogP contribution in [0.15, 0.2) is 36.9 Å². The molecule has 7 nitrogen and oxygen atoms in total. The molecule has 2 heterocycles. The number of nitrogens with one attached hydrogen (secondary N) is 1. The number of nitrogens with zero attached hydrogens (tertiary/aromatic N) is 1. The summed E-state index contributed by atoms with van der Waals surface area (Å²) in [6, 6.07) is 5.64. The van der Waals surface area contributed by atoms with Crippen LogP contribution in [0.1, 0.15) is 41.1 Å². The number of amides is 1. The summed E-state index contributed by atoms with van der Waals surface area (Å²) in [5.41, 5.74) is 10.9. The second kappa shape index (κ2) is 9.62. The van der Waals surface area contributed by atoms with Gasteiger partial charge in [0.25, 0.3) is 0 Å². The third-order valence-corrected chi connectivity index (χ3v) is 5.85. The Morgan fingerprint density at radius 3 is 2.70 bits per heavy atom. The van der Waals surface area contributed by atoms with E-state index in [2.05, 4.69) is 11.6 Å². The van der Waals surface area contributed by atoms with Crippen molar-refractivity contribution in [3.8, 4) is 5.75 Å². The number of likely N-dealkylation sites (N-methyl/N-ethyl adjacent to an activating group) is 1. The Morgan fingerprint density at radius 1 is 1.36 bits per heavy atom. The van der Waals surface area contributed by atoms with Gasteiger partial charge in [-0.05, 0) is 37.1 Å². The number of hydrogen-bond acceptors (Lipinski definition) is 5. The molecule has 1 fully saturated rings. The number of aromatic amines is 1. The van der Waals surface area contributed by atoms with Gasteiger partial charge in [-0.25, -0.2) is 0 Å². The SMILES string of the molecule is C=CC(=O)N(C)C1COCCC(c2[nH]c(N)c(/C=C(\N)c3ccccc3O)c2C(F)(F)F)C1. The minimum atomic E-state index is -4.72. The maximum absolute atomic E-state index is 14.2. The molecule has 6 N–H and O–H groups in total.